The van der Waals surface area contributed by atoms with Gasteiger partial charge in [0.2, 0.25) is 0 Å². The van der Waals surface area contributed by atoms with Crippen molar-refractivity contribution in [1.82, 2.24) is 4.98 Å². The lowest BCUT2D eigenvalue weighted by Gasteiger charge is -2.04. The summed E-state index contributed by atoms with van der Waals surface area (Å²) >= 11 is 11.0. The Morgan fingerprint density at radius 1 is 1.47 bits per heavy atom. The number of hydrogen-bond acceptors (Lipinski definition) is 3. The molecule has 2 aromatic rings. The van der Waals surface area contributed by atoms with Gasteiger partial charge in [-0.25, -0.2) is 4.98 Å². The Balaban J connectivity index is 2.30. The van der Waals surface area contributed by atoms with Gasteiger partial charge in [-0.15, -0.1) is 11.3 Å². The van der Waals surface area contributed by atoms with E-state index >= 15 is 0 Å². The van der Waals surface area contributed by atoms with Gasteiger partial charge in [-0.05, 0) is 24.1 Å². The monoisotopic (exact) mass is 330 g/mol. The van der Waals surface area contributed by atoms with Crippen LogP contribution in [0.3, 0.4) is 0 Å². The fraction of sp³-hybridized carbons (Fsp3) is 0.250. The molecular formula is C12H12BrClN2S. The summed E-state index contributed by atoms with van der Waals surface area (Å²) in [6.07, 6.45) is 1.75. The fourth-order valence-corrected chi connectivity index (χ4v) is 3.42. The maximum Gasteiger partial charge on any atom is 0.180 e. The standard InChI is InChI=1S/C12H12BrClN2S/c1-2-10-11(17-12(15)16-10)5-7-3-4-8(14)6-9(7)13/h3-4,6H,2,5H2,1H3,(H2,15,16). The van der Waals surface area contributed by atoms with Crippen molar-refractivity contribution >= 4 is 44.0 Å². The number of aromatic nitrogens is 1. The third kappa shape index (κ3) is 3.00. The van der Waals surface area contributed by atoms with E-state index in [1.54, 1.807) is 11.3 Å². The van der Waals surface area contributed by atoms with Gasteiger partial charge in [0, 0.05) is 20.8 Å². The highest BCUT2D eigenvalue weighted by molar-refractivity contribution is 9.10. The largest absolute Gasteiger partial charge is 0.375 e. The predicted octanol–water partition coefficient (Wildman–Crippen LogP) is 4.29. The van der Waals surface area contributed by atoms with Gasteiger partial charge in [-0.1, -0.05) is 40.5 Å². The fourth-order valence-electron chi connectivity index (χ4n) is 1.66. The molecule has 0 aliphatic carbocycles. The second-order valence-corrected chi connectivity index (χ2v) is 6.09. The van der Waals surface area contributed by atoms with E-state index in [9.17, 15) is 0 Å². The molecule has 0 aliphatic rings. The van der Waals surface area contributed by atoms with E-state index in [4.69, 9.17) is 17.3 Å². The summed E-state index contributed by atoms with van der Waals surface area (Å²) in [7, 11) is 0. The molecule has 0 amide bonds. The number of aryl methyl sites for hydroxylation is 1. The molecule has 0 radical (unpaired) electrons. The van der Waals surface area contributed by atoms with Crippen molar-refractivity contribution < 1.29 is 0 Å². The van der Waals surface area contributed by atoms with Gasteiger partial charge in [0.15, 0.2) is 5.13 Å². The molecule has 2 rings (SSSR count). The zero-order valence-electron chi connectivity index (χ0n) is 9.34. The quantitative estimate of drug-likeness (QED) is 0.911. The Labute approximate surface area is 118 Å². The summed E-state index contributed by atoms with van der Waals surface area (Å²) in [6.45, 7) is 2.09. The van der Waals surface area contributed by atoms with E-state index in [1.165, 1.54) is 10.4 Å². The van der Waals surface area contributed by atoms with E-state index in [0.717, 1.165) is 28.0 Å². The Morgan fingerprint density at radius 3 is 2.88 bits per heavy atom. The molecule has 0 aliphatic heterocycles. The van der Waals surface area contributed by atoms with Gasteiger partial charge < -0.3 is 5.73 Å². The summed E-state index contributed by atoms with van der Waals surface area (Å²) in [5.74, 6) is 0. The number of rotatable bonds is 3. The van der Waals surface area contributed by atoms with E-state index < -0.39 is 0 Å². The van der Waals surface area contributed by atoms with Gasteiger partial charge in [-0.2, -0.15) is 0 Å². The van der Waals surface area contributed by atoms with Crippen LogP contribution in [0.15, 0.2) is 22.7 Å². The zero-order valence-corrected chi connectivity index (χ0v) is 12.5. The van der Waals surface area contributed by atoms with Gasteiger partial charge in [-0.3, -0.25) is 0 Å². The SMILES string of the molecule is CCc1nc(N)sc1Cc1ccc(Cl)cc1Br. The Kier molecular flexibility index (Phi) is 4.07. The van der Waals surface area contributed by atoms with Crippen molar-refractivity contribution in [2.24, 2.45) is 0 Å². The molecule has 0 bridgehead atoms. The molecule has 0 fully saturated rings. The van der Waals surface area contributed by atoms with Crippen molar-refractivity contribution in [2.45, 2.75) is 19.8 Å². The molecule has 90 valence electrons. The van der Waals surface area contributed by atoms with Crippen LogP contribution >= 0.6 is 38.9 Å². The van der Waals surface area contributed by atoms with Crippen LogP contribution in [0, 0.1) is 0 Å². The Morgan fingerprint density at radius 2 is 2.24 bits per heavy atom. The Bertz CT molecular complexity index is 539. The molecule has 2 nitrogen and oxygen atoms in total. The Hall–Kier alpha value is -0.580. The highest BCUT2D eigenvalue weighted by Gasteiger charge is 2.10. The number of anilines is 1. The average Bonchev–Trinajstić information content (AvgIpc) is 2.63. The van der Waals surface area contributed by atoms with Crippen LogP contribution in [-0.2, 0) is 12.8 Å². The summed E-state index contributed by atoms with van der Waals surface area (Å²) in [5, 5.41) is 1.38. The summed E-state index contributed by atoms with van der Waals surface area (Å²) in [5.41, 5.74) is 8.04. The summed E-state index contributed by atoms with van der Waals surface area (Å²) < 4.78 is 1.03. The van der Waals surface area contributed by atoms with Crippen molar-refractivity contribution in [3.8, 4) is 0 Å². The lowest BCUT2D eigenvalue weighted by atomic mass is 10.1. The molecule has 1 aromatic carbocycles. The van der Waals surface area contributed by atoms with E-state index in [1.807, 2.05) is 18.2 Å². The number of benzene rings is 1. The smallest absolute Gasteiger partial charge is 0.180 e. The molecule has 0 atom stereocenters. The minimum Gasteiger partial charge on any atom is -0.375 e. The second-order valence-electron chi connectivity index (χ2n) is 3.69. The molecule has 0 unspecified atom stereocenters. The highest BCUT2D eigenvalue weighted by atomic mass is 79.9. The lowest BCUT2D eigenvalue weighted by Crippen LogP contribution is -1.92. The summed E-state index contributed by atoms with van der Waals surface area (Å²) in [4.78, 5) is 5.56. The normalized spacial score (nSPS) is 10.8. The number of nitrogens with zero attached hydrogens (tertiary/aromatic N) is 1. The topological polar surface area (TPSA) is 38.9 Å². The van der Waals surface area contributed by atoms with Gasteiger partial charge in [0.05, 0.1) is 5.69 Å². The minimum absolute atomic E-state index is 0.641. The molecule has 0 spiro atoms. The lowest BCUT2D eigenvalue weighted by molar-refractivity contribution is 1.02. The van der Waals surface area contributed by atoms with Crippen molar-refractivity contribution in [3.63, 3.8) is 0 Å². The molecular weight excluding hydrogens is 320 g/mol. The van der Waals surface area contributed by atoms with Gasteiger partial charge in [0.1, 0.15) is 0 Å². The molecule has 1 aromatic heterocycles. The number of thiazole rings is 1. The van der Waals surface area contributed by atoms with Crippen molar-refractivity contribution in [1.29, 1.82) is 0 Å². The van der Waals surface area contributed by atoms with Crippen molar-refractivity contribution in [2.75, 3.05) is 5.73 Å². The number of halogens is 2. The molecule has 1 heterocycles. The van der Waals surface area contributed by atoms with Crippen LogP contribution in [0.2, 0.25) is 5.02 Å². The van der Waals surface area contributed by atoms with Crippen molar-refractivity contribution in [3.05, 3.63) is 43.8 Å². The molecule has 2 N–H and O–H groups in total. The number of hydrogen-bond donors (Lipinski definition) is 1. The number of nitrogens with two attached hydrogens (primary N) is 1. The maximum atomic E-state index is 5.92. The highest BCUT2D eigenvalue weighted by Crippen LogP contribution is 2.28. The first-order valence-corrected chi connectivity index (χ1v) is 7.27. The molecule has 17 heavy (non-hydrogen) atoms. The first-order chi connectivity index (χ1) is 8.10. The molecule has 0 saturated carbocycles. The van der Waals surface area contributed by atoms with Crippen LogP contribution in [0.1, 0.15) is 23.1 Å². The first-order valence-electron chi connectivity index (χ1n) is 5.28. The average molecular weight is 332 g/mol. The van der Waals surface area contributed by atoms with Gasteiger partial charge in [0.25, 0.3) is 0 Å². The van der Waals surface area contributed by atoms with Crippen LogP contribution < -0.4 is 5.73 Å². The van der Waals surface area contributed by atoms with E-state index in [-0.39, 0.29) is 0 Å². The van der Waals surface area contributed by atoms with E-state index in [2.05, 4.69) is 27.8 Å². The van der Waals surface area contributed by atoms with Crippen LogP contribution in [0.5, 0.6) is 0 Å². The minimum atomic E-state index is 0.641. The molecule has 0 saturated heterocycles. The van der Waals surface area contributed by atoms with E-state index in [0.29, 0.717) is 5.13 Å². The summed E-state index contributed by atoms with van der Waals surface area (Å²) in [6, 6.07) is 5.84. The predicted molar refractivity (Wildman–Crippen MR) is 77.9 cm³/mol. The van der Waals surface area contributed by atoms with Gasteiger partial charge >= 0.3 is 0 Å². The third-order valence-electron chi connectivity index (χ3n) is 2.50. The molecule has 5 heteroatoms. The zero-order chi connectivity index (χ0) is 12.4. The first kappa shape index (κ1) is 12.9. The van der Waals surface area contributed by atoms with Crippen LogP contribution in [0.4, 0.5) is 5.13 Å². The maximum absolute atomic E-state index is 5.92. The third-order valence-corrected chi connectivity index (χ3v) is 4.40. The second kappa shape index (κ2) is 5.38. The van der Waals surface area contributed by atoms with Crippen LogP contribution in [-0.4, -0.2) is 4.98 Å². The van der Waals surface area contributed by atoms with Crippen LogP contribution in [0.25, 0.3) is 0 Å². The number of nitrogen functional groups attached to an aromatic ring is 1.